The monoisotopic (exact) mass is 193 g/mol. The molecular formula is C13H23N. The van der Waals surface area contributed by atoms with Crippen molar-refractivity contribution in [2.24, 2.45) is 11.8 Å². The molecule has 0 aliphatic heterocycles. The molecular weight excluding hydrogens is 170 g/mol. The molecule has 0 radical (unpaired) electrons. The maximum absolute atomic E-state index is 5.40. The van der Waals surface area contributed by atoms with E-state index in [9.17, 15) is 0 Å². The van der Waals surface area contributed by atoms with E-state index in [-0.39, 0.29) is 0 Å². The number of rotatable bonds is 5. The van der Waals surface area contributed by atoms with Gasteiger partial charge in [-0.15, -0.1) is 12.3 Å². The third-order valence-electron chi connectivity index (χ3n) is 3.53. The maximum atomic E-state index is 5.40. The summed E-state index contributed by atoms with van der Waals surface area (Å²) in [5.41, 5.74) is 0. The molecule has 1 N–H and O–H groups in total. The molecule has 3 atom stereocenters. The first-order valence-electron chi connectivity index (χ1n) is 5.98. The molecule has 1 rings (SSSR count). The first-order chi connectivity index (χ1) is 6.81. The molecule has 0 aromatic rings. The van der Waals surface area contributed by atoms with Gasteiger partial charge in [-0.3, -0.25) is 0 Å². The van der Waals surface area contributed by atoms with E-state index in [1.54, 1.807) is 0 Å². The molecule has 0 saturated heterocycles. The minimum Gasteiger partial charge on any atom is -0.313 e. The second kappa shape index (κ2) is 6.09. The minimum atomic E-state index is 0.571. The summed E-state index contributed by atoms with van der Waals surface area (Å²) >= 11 is 0. The number of hydrogen-bond donors (Lipinski definition) is 1. The molecule has 1 nitrogen and oxygen atoms in total. The smallest absolute Gasteiger partial charge is 0.0243 e. The lowest BCUT2D eigenvalue weighted by molar-refractivity contribution is 0.356. The quantitative estimate of drug-likeness (QED) is 0.662. The summed E-state index contributed by atoms with van der Waals surface area (Å²) in [6, 6.07) is 0.571. The predicted molar refractivity (Wildman–Crippen MR) is 62.0 cm³/mol. The Hall–Kier alpha value is -0.480. The van der Waals surface area contributed by atoms with Gasteiger partial charge in [0.15, 0.2) is 0 Å². The normalized spacial score (nSPS) is 28.6. The Kier molecular flexibility index (Phi) is 5.04. The molecule has 0 aromatic carbocycles. The highest BCUT2D eigenvalue weighted by Crippen LogP contribution is 2.35. The van der Waals surface area contributed by atoms with Crippen LogP contribution in [0.2, 0.25) is 0 Å². The maximum Gasteiger partial charge on any atom is 0.0243 e. The van der Waals surface area contributed by atoms with Gasteiger partial charge in [-0.25, -0.2) is 0 Å². The molecule has 1 fully saturated rings. The highest BCUT2D eigenvalue weighted by Gasteiger charge is 2.28. The van der Waals surface area contributed by atoms with Crippen LogP contribution in [-0.4, -0.2) is 12.6 Å². The van der Waals surface area contributed by atoms with E-state index in [0.29, 0.717) is 6.04 Å². The molecule has 1 heteroatoms. The summed E-state index contributed by atoms with van der Waals surface area (Å²) in [6.45, 7) is 5.51. The van der Waals surface area contributed by atoms with Gasteiger partial charge in [0.25, 0.3) is 0 Å². The van der Waals surface area contributed by atoms with E-state index in [1.165, 1.54) is 25.7 Å². The van der Waals surface area contributed by atoms with Gasteiger partial charge in [-0.05, 0) is 31.2 Å². The van der Waals surface area contributed by atoms with Crippen molar-refractivity contribution in [3.05, 3.63) is 0 Å². The Bertz CT molecular complexity index is 192. The van der Waals surface area contributed by atoms with Gasteiger partial charge in [0.1, 0.15) is 0 Å². The lowest BCUT2D eigenvalue weighted by Gasteiger charge is -2.22. The van der Waals surface area contributed by atoms with Crippen molar-refractivity contribution in [1.82, 2.24) is 5.32 Å². The van der Waals surface area contributed by atoms with Crippen LogP contribution >= 0.6 is 0 Å². The zero-order valence-corrected chi connectivity index (χ0v) is 9.55. The third-order valence-corrected chi connectivity index (χ3v) is 3.53. The molecule has 0 aromatic heterocycles. The summed E-state index contributed by atoms with van der Waals surface area (Å²) in [5.74, 6) is 4.59. The van der Waals surface area contributed by atoms with Crippen molar-refractivity contribution in [1.29, 1.82) is 0 Å². The summed E-state index contributed by atoms with van der Waals surface area (Å²) < 4.78 is 0. The number of hydrogen-bond acceptors (Lipinski definition) is 1. The largest absolute Gasteiger partial charge is 0.313 e. The predicted octanol–water partition coefficient (Wildman–Crippen LogP) is 2.81. The van der Waals surface area contributed by atoms with Crippen LogP contribution in [0, 0.1) is 24.2 Å². The fourth-order valence-corrected chi connectivity index (χ4v) is 2.64. The molecule has 0 bridgehead atoms. The lowest BCUT2D eigenvalue weighted by atomic mass is 9.94. The van der Waals surface area contributed by atoms with E-state index < -0.39 is 0 Å². The Morgan fingerprint density at radius 1 is 1.43 bits per heavy atom. The first kappa shape index (κ1) is 11.6. The first-order valence-corrected chi connectivity index (χ1v) is 5.98. The topological polar surface area (TPSA) is 12.0 Å². The molecule has 0 spiro atoms. The molecule has 80 valence electrons. The van der Waals surface area contributed by atoms with Crippen molar-refractivity contribution >= 4 is 0 Å². The van der Waals surface area contributed by atoms with Gasteiger partial charge >= 0.3 is 0 Å². The second-order valence-corrected chi connectivity index (χ2v) is 4.42. The van der Waals surface area contributed by atoms with E-state index in [0.717, 1.165) is 24.8 Å². The van der Waals surface area contributed by atoms with Gasteiger partial charge in [0.2, 0.25) is 0 Å². The molecule has 0 amide bonds. The summed E-state index contributed by atoms with van der Waals surface area (Å²) in [5, 5.41) is 3.53. The highest BCUT2D eigenvalue weighted by atomic mass is 14.9. The molecule has 14 heavy (non-hydrogen) atoms. The lowest BCUT2D eigenvalue weighted by Crippen LogP contribution is -2.34. The number of terminal acetylenes is 1. The Balaban J connectivity index is 2.41. The molecule has 0 heterocycles. The fraction of sp³-hybridized carbons (Fsp3) is 0.846. The van der Waals surface area contributed by atoms with E-state index in [1.807, 2.05) is 0 Å². The SMILES string of the molecule is C#CCC(NCC)C1CCC(CC)C1. The van der Waals surface area contributed by atoms with E-state index >= 15 is 0 Å². The zero-order chi connectivity index (χ0) is 10.4. The van der Waals surface area contributed by atoms with Crippen molar-refractivity contribution < 1.29 is 0 Å². The van der Waals surface area contributed by atoms with Crippen molar-refractivity contribution in [2.75, 3.05) is 6.54 Å². The van der Waals surface area contributed by atoms with E-state index in [4.69, 9.17) is 6.42 Å². The summed E-state index contributed by atoms with van der Waals surface area (Å²) in [6.07, 6.45) is 11.8. The Morgan fingerprint density at radius 3 is 2.71 bits per heavy atom. The molecule has 1 aliphatic rings. The number of nitrogens with one attached hydrogen (secondary N) is 1. The second-order valence-electron chi connectivity index (χ2n) is 4.42. The van der Waals surface area contributed by atoms with Crippen LogP contribution in [0.4, 0.5) is 0 Å². The van der Waals surface area contributed by atoms with Gasteiger partial charge in [-0.1, -0.05) is 26.7 Å². The van der Waals surface area contributed by atoms with Crippen LogP contribution in [0.3, 0.4) is 0 Å². The summed E-state index contributed by atoms with van der Waals surface area (Å²) in [7, 11) is 0. The van der Waals surface area contributed by atoms with Crippen molar-refractivity contribution in [3.63, 3.8) is 0 Å². The molecule has 1 saturated carbocycles. The van der Waals surface area contributed by atoms with Crippen LogP contribution in [0.1, 0.15) is 46.0 Å². The molecule has 1 aliphatic carbocycles. The third kappa shape index (κ3) is 3.03. The Morgan fingerprint density at radius 2 is 2.21 bits per heavy atom. The van der Waals surface area contributed by atoms with Crippen molar-refractivity contribution in [3.8, 4) is 12.3 Å². The standard InChI is InChI=1S/C13H23N/c1-4-7-13(14-6-3)12-9-8-11(5-2)10-12/h1,11-14H,5-10H2,2-3H3. The van der Waals surface area contributed by atoms with Crippen LogP contribution in [0.5, 0.6) is 0 Å². The highest BCUT2D eigenvalue weighted by molar-refractivity contribution is 4.94. The fourth-order valence-electron chi connectivity index (χ4n) is 2.64. The minimum absolute atomic E-state index is 0.571. The van der Waals surface area contributed by atoms with Gasteiger partial charge < -0.3 is 5.32 Å². The van der Waals surface area contributed by atoms with Crippen LogP contribution in [0.15, 0.2) is 0 Å². The van der Waals surface area contributed by atoms with Gasteiger partial charge in [0.05, 0.1) is 0 Å². The average molecular weight is 193 g/mol. The summed E-state index contributed by atoms with van der Waals surface area (Å²) in [4.78, 5) is 0. The van der Waals surface area contributed by atoms with Crippen LogP contribution in [0.25, 0.3) is 0 Å². The molecule has 3 unspecified atom stereocenters. The zero-order valence-electron chi connectivity index (χ0n) is 9.55. The van der Waals surface area contributed by atoms with Crippen LogP contribution in [-0.2, 0) is 0 Å². The van der Waals surface area contributed by atoms with Crippen molar-refractivity contribution in [2.45, 2.75) is 52.0 Å². The van der Waals surface area contributed by atoms with Gasteiger partial charge in [0, 0.05) is 12.5 Å². The Labute approximate surface area is 88.7 Å². The van der Waals surface area contributed by atoms with E-state index in [2.05, 4.69) is 25.1 Å². The average Bonchev–Trinajstić information content (AvgIpc) is 2.65. The van der Waals surface area contributed by atoms with Gasteiger partial charge in [-0.2, -0.15) is 0 Å². The van der Waals surface area contributed by atoms with Crippen LogP contribution < -0.4 is 5.32 Å².